The Balaban J connectivity index is 4.13. The summed E-state index contributed by atoms with van der Waals surface area (Å²) in [5.74, 6) is -0.848. The first-order chi connectivity index (χ1) is 5.40. The fraction of sp³-hybridized carbons (Fsp3) is 0.667. The summed E-state index contributed by atoms with van der Waals surface area (Å²) < 4.78 is 0. The van der Waals surface area contributed by atoms with Crippen LogP contribution in [-0.4, -0.2) is 17.1 Å². The number of aliphatic carboxylic acids is 1. The normalized spacial score (nSPS) is 13.9. The van der Waals surface area contributed by atoms with E-state index in [1.807, 2.05) is 13.8 Å². The molecule has 3 nitrogen and oxygen atoms in total. The van der Waals surface area contributed by atoms with Crippen molar-refractivity contribution in [2.75, 3.05) is 0 Å². The van der Waals surface area contributed by atoms with Crippen molar-refractivity contribution in [2.45, 2.75) is 32.7 Å². The molecule has 0 aromatic carbocycles. The molecule has 0 heterocycles. The van der Waals surface area contributed by atoms with Gasteiger partial charge in [-0.2, -0.15) is 0 Å². The summed E-state index contributed by atoms with van der Waals surface area (Å²) in [5.41, 5.74) is 5.53. The number of carboxylic acid groups (broad SMARTS) is 1. The lowest BCUT2D eigenvalue weighted by Gasteiger charge is -2.29. The van der Waals surface area contributed by atoms with Gasteiger partial charge in [0.15, 0.2) is 0 Å². The summed E-state index contributed by atoms with van der Waals surface area (Å²) in [6, 6.07) is -0.312. The Labute approximate surface area is 73.3 Å². The summed E-state index contributed by atoms with van der Waals surface area (Å²) in [6.45, 7) is 7.50. The van der Waals surface area contributed by atoms with Gasteiger partial charge in [0, 0.05) is 6.04 Å². The van der Waals surface area contributed by atoms with E-state index in [2.05, 4.69) is 6.58 Å². The van der Waals surface area contributed by atoms with Crippen molar-refractivity contribution in [1.82, 2.24) is 0 Å². The van der Waals surface area contributed by atoms with Crippen molar-refractivity contribution < 1.29 is 9.90 Å². The maximum absolute atomic E-state index is 10.4. The highest BCUT2D eigenvalue weighted by atomic mass is 16.4. The number of nitrogens with two attached hydrogens (primary N) is 1. The van der Waals surface area contributed by atoms with Crippen LogP contribution in [0.1, 0.15) is 26.7 Å². The number of hydrogen-bond acceptors (Lipinski definition) is 2. The zero-order valence-corrected chi connectivity index (χ0v) is 7.71. The van der Waals surface area contributed by atoms with Crippen LogP contribution >= 0.6 is 0 Å². The van der Waals surface area contributed by atoms with Crippen LogP contribution in [0.3, 0.4) is 0 Å². The summed E-state index contributed by atoms with van der Waals surface area (Å²) in [6.07, 6.45) is 2.52. The van der Waals surface area contributed by atoms with Crippen LogP contribution in [0.15, 0.2) is 12.7 Å². The van der Waals surface area contributed by atoms with Crippen LogP contribution < -0.4 is 5.73 Å². The number of allylic oxidation sites excluding steroid dienone is 1. The first-order valence-electron chi connectivity index (χ1n) is 3.98. The zero-order chi connectivity index (χ0) is 9.78. The predicted octanol–water partition coefficient (Wildman–Crippen LogP) is 1.39. The maximum atomic E-state index is 10.4. The lowest BCUT2D eigenvalue weighted by molar-refractivity contribution is -0.138. The topological polar surface area (TPSA) is 63.3 Å². The largest absolute Gasteiger partial charge is 0.481 e. The molecule has 0 rings (SSSR count). The van der Waals surface area contributed by atoms with Gasteiger partial charge in [0.05, 0.1) is 6.42 Å². The van der Waals surface area contributed by atoms with E-state index < -0.39 is 5.97 Å². The molecule has 3 N–H and O–H groups in total. The standard InChI is InChI=1S/C9H17NO2/c1-4-5-9(2,3)7(10)6-8(11)12/h4,7H,1,5-6,10H2,2-3H3,(H,11,12). The highest BCUT2D eigenvalue weighted by Gasteiger charge is 2.26. The van der Waals surface area contributed by atoms with E-state index in [0.717, 1.165) is 6.42 Å². The summed E-state index contributed by atoms with van der Waals surface area (Å²) in [7, 11) is 0. The number of carboxylic acids is 1. The average molecular weight is 171 g/mol. The fourth-order valence-corrected chi connectivity index (χ4v) is 0.988. The smallest absolute Gasteiger partial charge is 0.304 e. The van der Waals surface area contributed by atoms with Gasteiger partial charge in [0.1, 0.15) is 0 Å². The number of rotatable bonds is 5. The Morgan fingerprint density at radius 2 is 2.25 bits per heavy atom. The molecule has 1 unspecified atom stereocenters. The van der Waals surface area contributed by atoms with Crippen LogP contribution in [0, 0.1) is 5.41 Å². The molecule has 70 valence electrons. The van der Waals surface area contributed by atoms with E-state index in [4.69, 9.17) is 10.8 Å². The second-order valence-corrected chi connectivity index (χ2v) is 3.69. The van der Waals surface area contributed by atoms with Crippen molar-refractivity contribution in [3.8, 4) is 0 Å². The zero-order valence-electron chi connectivity index (χ0n) is 7.71. The van der Waals surface area contributed by atoms with Crippen LogP contribution in [0.4, 0.5) is 0 Å². The van der Waals surface area contributed by atoms with E-state index in [1.54, 1.807) is 6.08 Å². The second kappa shape index (κ2) is 4.26. The van der Waals surface area contributed by atoms with Gasteiger partial charge in [-0.05, 0) is 11.8 Å². The highest BCUT2D eigenvalue weighted by molar-refractivity contribution is 5.67. The average Bonchev–Trinajstić information content (AvgIpc) is 1.85. The molecule has 0 aliphatic carbocycles. The van der Waals surface area contributed by atoms with E-state index in [9.17, 15) is 4.79 Å². The van der Waals surface area contributed by atoms with Crippen LogP contribution in [0.2, 0.25) is 0 Å². The highest BCUT2D eigenvalue weighted by Crippen LogP contribution is 2.25. The molecule has 0 saturated heterocycles. The molecular weight excluding hydrogens is 154 g/mol. The summed E-state index contributed by atoms with van der Waals surface area (Å²) in [4.78, 5) is 10.4. The molecule has 0 aromatic rings. The first kappa shape index (κ1) is 11.2. The summed E-state index contributed by atoms with van der Waals surface area (Å²) >= 11 is 0. The quantitative estimate of drug-likeness (QED) is 0.614. The Morgan fingerprint density at radius 3 is 2.58 bits per heavy atom. The molecule has 0 spiro atoms. The van der Waals surface area contributed by atoms with Gasteiger partial charge in [-0.15, -0.1) is 6.58 Å². The lowest BCUT2D eigenvalue weighted by atomic mass is 9.80. The molecule has 0 amide bonds. The van der Waals surface area contributed by atoms with Gasteiger partial charge in [0.25, 0.3) is 0 Å². The third kappa shape index (κ3) is 3.53. The Kier molecular flexibility index (Phi) is 3.96. The molecule has 1 atom stereocenters. The SMILES string of the molecule is C=CCC(C)(C)C(N)CC(=O)O. The van der Waals surface area contributed by atoms with E-state index in [-0.39, 0.29) is 17.9 Å². The van der Waals surface area contributed by atoms with Gasteiger partial charge in [-0.25, -0.2) is 0 Å². The van der Waals surface area contributed by atoms with Crippen molar-refractivity contribution >= 4 is 5.97 Å². The predicted molar refractivity (Wildman–Crippen MR) is 48.8 cm³/mol. The first-order valence-corrected chi connectivity index (χ1v) is 3.98. The molecule has 0 bridgehead atoms. The summed E-state index contributed by atoms with van der Waals surface area (Å²) in [5, 5.41) is 8.51. The Hall–Kier alpha value is -0.830. The van der Waals surface area contributed by atoms with Crippen LogP contribution in [0.25, 0.3) is 0 Å². The minimum atomic E-state index is -0.848. The third-order valence-corrected chi connectivity index (χ3v) is 2.07. The monoisotopic (exact) mass is 171 g/mol. The van der Waals surface area contributed by atoms with Gasteiger partial charge in [-0.3, -0.25) is 4.79 Å². The van der Waals surface area contributed by atoms with Crippen molar-refractivity contribution in [3.05, 3.63) is 12.7 Å². The molecule has 0 saturated carbocycles. The molecule has 0 aromatic heterocycles. The molecule has 3 heteroatoms. The van der Waals surface area contributed by atoms with Crippen molar-refractivity contribution in [3.63, 3.8) is 0 Å². The fourth-order valence-electron chi connectivity index (χ4n) is 0.988. The third-order valence-electron chi connectivity index (χ3n) is 2.07. The molecule has 0 aliphatic heterocycles. The molecular formula is C9H17NO2. The molecule has 0 fully saturated rings. The van der Waals surface area contributed by atoms with Crippen molar-refractivity contribution in [1.29, 1.82) is 0 Å². The maximum Gasteiger partial charge on any atom is 0.304 e. The molecule has 12 heavy (non-hydrogen) atoms. The van der Waals surface area contributed by atoms with E-state index in [1.165, 1.54) is 0 Å². The number of hydrogen-bond donors (Lipinski definition) is 2. The van der Waals surface area contributed by atoms with Gasteiger partial charge >= 0.3 is 5.97 Å². The minimum Gasteiger partial charge on any atom is -0.481 e. The van der Waals surface area contributed by atoms with Gasteiger partial charge < -0.3 is 10.8 Å². The minimum absolute atomic E-state index is 0.0147. The van der Waals surface area contributed by atoms with Gasteiger partial charge in [-0.1, -0.05) is 19.9 Å². The molecule has 0 radical (unpaired) electrons. The van der Waals surface area contributed by atoms with E-state index in [0.29, 0.717) is 0 Å². The second-order valence-electron chi connectivity index (χ2n) is 3.69. The van der Waals surface area contributed by atoms with Crippen molar-refractivity contribution in [2.24, 2.45) is 11.1 Å². The Morgan fingerprint density at radius 1 is 1.75 bits per heavy atom. The Bertz CT molecular complexity index is 175. The van der Waals surface area contributed by atoms with Crippen LogP contribution in [0.5, 0.6) is 0 Å². The number of carbonyl (C=O) groups is 1. The lowest BCUT2D eigenvalue weighted by Crippen LogP contribution is -2.38. The van der Waals surface area contributed by atoms with Crippen LogP contribution in [-0.2, 0) is 4.79 Å². The van der Waals surface area contributed by atoms with Gasteiger partial charge in [0.2, 0.25) is 0 Å². The molecule has 0 aliphatic rings. The van der Waals surface area contributed by atoms with E-state index >= 15 is 0 Å².